The van der Waals surface area contributed by atoms with E-state index >= 15 is 0 Å². The molecule has 0 N–H and O–H groups in total. The van der Waals surface area contributed by atoms with Gasteiger partial charge in [0.15, 0.2) is 0 Å². The van der Waals surface area contributed by atoms with Crippen molar-refractivity contribution < 1.29 is 13.2 Å². The standard InChI is InChI=1S/C19H30N4O3S/c1-3-21(2)27(25,26)23-13-9-19(10-14-23)8-6-18(24)22(16-19)12-7-17-5-4-11-20-15-17/h4-5,11,15H,3,6-10,12-14,16H2,1-2H3. The Hall–Kier alpha value is -1.51. The zero-order valence-corrected chi connectivity index (χ0v) is 17.1. The summed E-state index contributed by atoms with van der Waals surface area (Å²) in [6.45, 7) is 4.83. The Bertz CT molecular complexity index is 745. The Kier molecular flexibility index (Phi) is 6.18. The summed E-state index contributed by atoms with van der Waals surface area (Å²) in [5.41, 5.74) is 1.19. The molecule has 0 bridgehead atoms. The molecule has 2 aliphatic heterocycles. The minimum atomic E-state index is -3.36. The number of carbonyl (C=O) groups excluding carboxylic acids is 1. The number of likely N-dealkylation sites (tertiary alicyclic amines) is 1. The summed E-state index contributed by atoms with van der Waals surface area (Å²) in [7, 11) is -1.73. The molecule has 2 aliphatic rings. The van der Waals surface area contributed by atoms with Crippen molar-refractivity contribution in [2.45, 2.75) is 39.0 Å². The molecule has 0 unspecified atom stereocenters. The van der Waals surface area contributed by atoms with Gasteiger partial charge in [-0.15, -0.1) is 0 Å². The first-order chi connectivity index (χ1) is 12.9. The van der Waals surface area contributed by atoms with Crippen LogP contribution in [0.3, 0.4) is 0 Å². The summed E-state index contributed by atoms with van der Waals surface area (Å²) >= 11 is 0. The second-order valence-electron chi connectivity index (χ2n) is 7.75. The van der Waals surface area contributed by atoms with Gasteiger partial charge in [-0.3, -0.25) is 9.78 Å². The van der Waals surface area contributed by atoms with Crippen molar-refractivity contribution in [3.63, 3.8) is 0 Å². The number of pyridine rings is 1. The quantitative estimate of drug-likeness (QED) is 0.733. The topological polar surface area (TPSA) is 73.8 Å². The predicted molar refractivity (Wildman–Crippen MR) is 104 cm³/mol. The molecule has 150 valence electrons. The second-order valence-corrected chi connectivity index (χ2v) is 9.78. The highest BCUT2D eigenvalue weighted by molar-refractivity contribution is 7.86. The van der Waals surface area contributed by atoms with Crippen molar-refractivity contribution >= 4 is 16.1 Å². The lowest BCUT2D eigenvalue weighted by Crippen LogP contribution is -2.54. The van der Waals surface area contributed by atoms with Gasteiger partial charge in [0.25, 0.3) is 10.2 Å². The van der Waals surface area contributed by atoms with Crippen LogP contribution in [-0.4, -0.2) is 72.6 Å². The second kappa shape index (κ2) is 8.24. The molecule has 1 aromatic rings. The van der Waals surface area contributed by atoms with Gasteiger partial charge in [0, 0.05) is 58.6 Å². The maximum Gasteiger partial charge on any atom is 0.281 e. The van der Waals surface area contributed by atoms with Crippen LogP contribution >= 0.6 is 0 Å². The van der Waals surface area contributed by atoms with Gasteiger partial charge in [0.1, 0.15) is 0 Å². The van der Waals surface area contributed by atoms with E-state index in [4.69, 9.17) is 0 Å². The van der Waals surface area contributed by atoms with Gasteiger partial charge in [0.2, 0.25) is 5.91 Å². The van der Waals surface area contributed by atoms with Crippen molar-refractivity contribution in [3.8, 4) is 0 Å². The first-order valence-electron chi connectivity index (χ1n) is 9.74. The highest BCUT2D eigenvalue weighted by Gasteiger charge is 2.43. The van der Waals surface area contributed by atoms with Gasteiger partial charge < -0.3 is 4.90 Å². The van der Waals surface area contributed by atoms with Crippen molar-refractivity contribution in [1.29, 1.82) is 0 Å². The molecule has 2 saturated heterocycles. The number of nitrogens with zero attached hydrogens (tertiary/aromatic N) is 4. The Morgan fingerprint density at radius 1 is 1.26 bits per heavy atom. The molecule has 3 rings (SSSR count). The fourth-order valence-electron chi connectivity index (χ4n) is 4.08. The van der Waals surface area contributed by atoms with Gasteiger partial charge in [0.05, 0.1) is 0 Å². The van der Waals surface area contributed by atoms with Crippen LogP contribution in [0, 0.1) is 5.41 Å². The molecule has 0 atom stereocenters. The van der Waals surface area contributed by atoms with Crippen LogP contribution < -0.4 is 0 Å². The van der Waals surface area contributed by atoms with Crippen LogP contribution in [0.2, 0.25) is 0 Å². The predicted octanol–water partition coefficient (Wildman–Crippen LogP) is 1.53. The Morgan fingerprint density at radius 2 is 2.00 bits per heavy atom. The number of hydrogen-bond donors (Lipinski definition) is 0. The summed E-state index contributed by atoms with van der Waals surface area (Å²) in [5.74, 6) is 0.213. The summed E-state index contributed by atoms with van der Waals surface area (Å²) in [5, 5.41) is 0. The first kappa shape index (κ1) is 20.2. The lowest BCUT2D eigenvalue weighted by Gasteiger charge is -2.47. The Balaban J connectivity index is 1.60. The third-order valence-corrected chi connectivity index (χ3v) is 8.15. The first-order valence-corrected chi connectivity index (χ1v) is 11.1. The molecule has 2 fully saturated rings. The van der Waals surface area contributed by atoms with Crippen molar-refractivity contribution in [2.75, 3.05) is 39.8 Å². The number of amides is 1. The summed E-state index contributed by atoms with van der Waals surface area (Å²) in [4.78, 5) is 18.5. The van der Waals surface area contributed by atoms with Crippen LogP contribution in [-0.2, 0) is 21.4 Å². The zero-order valence-electron chi connectivity index (χ0n) is 16.3. The number of rotatable bonds is 6. The SMILES string of the molecule is CCN(C)S(=O)(=O)N1CCC2(CCC(=O)N(CCc3cccnc3)C2)CC1. The number of piperidine rings is 2. The molecular formula is C19H30N4O3S. The highest BCUT2D eigenvalue weighted by atomic mass is 32.2. The van der Waals surface area contributed by atoms with E-state index in [1.54, 1.807) is 17.5 Å². The molecule has 0 saturated carbocycles. The molecule has 0 aromatic carbocycles. The van der Waals surface area contributed by atoms with Gasteiger partial charge in [-0.05, 0) is 42.7 Å². The summed E-state index contributed by atoms with van der Waals surface area (Å²) < 4.78 is 28.1. The molecule has 8 heteroatoms. The minimum Gasteiger partial charge on any atom is -0.342 e. The van der Waals surface area contributed by atoms with Gasteiger partial charge in [-0.2, -0.15) is 17.0 Å². The van der Waals surface area contributed by atoms with Crippen LogP contribution in [0.4, 0.5) is 0 Å². The fourth-order valence-corrected chi connectivity index (χ4v) is 5.44. The van der Waals surface area contributed by atoms with E-state index < -0.39 is 10.2 Å². The average Bonchev–Trinajstić information content (AvgIpc) is 2.69. The van der Waals surface area contributed by atoms with E-state index in [1.807, 2.05) is 30.2 Å². The molecule has 27 heavy (non-hydrogen) atoms. The largest absolute Gasteiger partial charge is 0.342 e. The molecule has 3 heterocycles. The fraction of sp³-hybridized carbons (Fsp3) is 0.684. The van der Waals surface area contributed by atoms with Crippen LogP contribution in [0.25, 0.3) is 0 Å². The smallest absolute Gasteiger partial charge is 0.281 e. The molecule has 1 aromatic heterocycles. The Labute approximate surface area is 162 Å². The number of hydrogen-bond acceptors (Lipinski definition) is 4. The maximum atomic E-state index is 12.5. The van der Waals surface area contributed by atoms with E-state index in [0.717, 1.165) is 37.8 Å². The van der Waals surface area contributed by atoms with Gasteiger partial charge in [-0.25, -0.2) is 0 Å². The Morgan fingerprint density at radius 3 is 2.63 bits per heavy atom. The highest BCUT2D eigenvalue weighted by Crippen LogP contribution is 2.40. The van der Waals surface area contributed by atoms with E-state index in [1.165, 1.54) is 4.31 Å². The maximum absolute atomic E-state index is 12.5. The van der Waals surface area contributed by atoms with Crippen molar-refractivity contribution in [1.82, 2.24) is 18.5 Å². The van der Waals surface area contributed by atoms with E-state index in [2.05, 4.69) is 4.98 Å². The molecular weight excluding hydrogens is 364 g/mol. The number of carbonyl (C=O) groups is 1. The van der Waals surface area contributed by atoms with Crippen LogP contribution in [0.15, 0.2) is 24.5 Å². The molecule has 7 nitrogen and oxygen atoms in total. The molecule has 0 aliphatic carbocycles. The molecule has 1 spiro atoms. The summed E-state index contributed by atoms with van der Waals surface area (Å²) in [6, 6.07) is 3.95. The number of aromatic nitrogens is 1. The summed E-state index contributed by atoms with van der Waals surface area (Å²) in [6.07, 6.45) is 7.47. The average molecular weight is 395 g/mol. The lowest BCUT2D eigenvalue weighted by atomic mass is 9.72. The third-order valence-electron chi connectivity index (χ3n) is 6.09. The van der Waals surface area contributed by atoms with Crippen LogP contribution in [0.5, 0.6) is 0 Å². The van der Waals surface area contributed by atoms with Crippen molar-refractivity contribution in [2.24, 2.45) is 5.41 Å². The minimum absolute atomic E-state index is 0.0552. The van der Waals surface area contributed by atoms with E-state index in [9.17, 15) is 13.2 Å². The van der Waals surface area contributed by atoms with Gasteiger partial charge >= 0.3 is 0 Å². The van der Waals surface area contributed by atoms with Crippen molar-refractivity contribution in [3.05, 3.63) is 30.1 Å². The normalized spacial score (nSPS) is 21.1. The monoisotopic (exact) mass is 394 g/mol. The molecule has 0 radical (unpaired) electrons. The molecule has 1 amide bonds. The lowest BCUT2D eigenvalue weighted by molar-refractivity contribution is -0.138. The van der Waals surface area contributed by atoms with E-state index in [-0.39, 0.29) is 11.3 Å². The van der Waals surface area contributed by atoms with Crippen LogP contribution in [0.1, 0.15) is 38.2 Å². The third kappa shape index (κ3) is 4.50. The van der Waals surface area contributed by atoms with Gasteiger partial charge in [-0.1, -0.05) is 13.0 Å². The zero-order chi connectivity index (χ0) is 19.5. The van der Waals surface area contributed by atoms with E-state index in [0.29, 0.717) is 32.6 Å².